The van der Waals surface area contributed by atoms with Gasteiger partial charge >= 0.3 is 5.97 Å². The van der Waals surface area contributed by atoms with Crippen LogP contribution in [0.1, 0.15) is 12.5 Å². The van der Waals surface area contributed by atoms with Crippen molar-refractivity contribution in [2.24, 2.45) is 0 Å². The van der Waals surface area contributed by atoms with Crippen LogP contribution in [0, 0.1) is 6.92 Å². The van der Waals surface area contributed by atoms with Gasteiger partial charge in [0.1, 0.15) is 12.4 Å². The van der Waals surface area contributed by atoms with E-state index in [2.05, 4.69) is 0 Å². The SMILES string of the molecule is CCOC(=O)CN(C)CCOc1ccc(C)cc1. The summed E-state index contributed by atoms with van der Waals surface area (Å²) < 4.78 is 10.4. The molecule has 0 radical (unpaired) electrons. The molecule has 0 atom stereocenters. The molecule has 18 heavy (non-hydrogen) atoms. The molecule has 0 aromatic heterocycles. The molecule has 0 fully saturated rings. The zero-order chi connectivity index (χ0) is 13.4. The van der Waals surface area contributed by atoms with E-state index in [0.717, 1.165) is 5.75 Å². The van der Waals surface area contributed by atoms with Crippen molar-refractivity contribution in [2.45, 2.75) is 13.8 Å². The molecule has 0 N–H and O–H groups in total. The molecule has 4 nitrogen and oxygen atoms in total. The van der Waals surface area contributed by atoms with Crippen LogP contribution in [-0.2, 0) is 9.53 Å². The second kappa shape index (κ2) is 7.71. The minimum absolute atomic E-state index is 0.199. The Balaban J connectivity index is 2.21. The number of rotatable bonds is 7. The standard InChI is InChI=1S/C14H21NO3/c1-4-17-14(16)11-15(3)9-10-18-13-7-5-12(2)6-8-13/h5-8H,4,9-11H2,1-3H3. The normalized spacial score (nSPS) is 10.4. The summed E-state index contributed by atoms with van der Waals surface area (Å²) in [6.45, 7) is 5.80. The van der Waals surface area contributed by atoms with Gasteiger partial charge in [0.25, 0.3) is 0 Å². The number of carbonyl (C=O) groups is 1. The monoisotopic (exact) mass is 251 g/mol. The van der Waals surface area contributed by atoms with Gasteiger partial charge in [-0.15, -0.1) is 0 Å². The van der Waals surface area contributed by atoms with Crippen LogP contribution in [0.25, 0.3) is 0 Å². The van der Waals surface area contributed by atoms with Gasteiger partial charge in [0.15, 0.2) is 0 Å². The second-order valence-corrected chi connectivity index (χ2v) is 4.20. The fraction of sp³-hybridized carbons (Fsp3) is 0.500. The predicted octanol–water partition coefficient (Wildman–Crippen LogP) is 1.87. The van der Waals surface area contributed by atoms with Crippen molar-refractivity contribution in [3.05, 3.63) is 29.8 Å². The number of benzene rings is 1. The molecule has 0 aliphatic heterocycles. The third-order valence-electron chi connectivity index (χ3n) is 2.47. The molecule has 1 aromatic carbocycles. The zero-order valence-electron chi connectivity index (χ0n) is 11.3. The maximum Gasteiger partial charge on any atom is 0.320 e. The molecular weight excluding hydrogens is 230 g/mol. The lowest BCUT2D eigenvalue weighted by Crippen LogP contribution is -2.30. The summed E-state index contributed by atoms with van der Waals surface area (Å²) in [5, 5.41) is 0. The van der Waals surface area contributed by atoms with E-state index in [-0.39, 0.29) is 5.97 Å². The molecule has 100 valence electrons. The van der Waals surface area contributed by atoms with Crippen LogP contribution in [0.15, 0.2) is 24.3 Å². The highest BCUT2D eigenvalue weighted by atomic mass is 16.5. The average molecular weight is 251 g/mol. The second-order valence-electron chi connectivity index (χ2n) is 4.20. The molecule has 0 bridgehead atoms. The minimum Gasteiger partial charge on any atom is -0.492 e. The molecule has 0 heterocycles. The van der Waals surface area contributed by atoms with Crippen molar-refractivity contribution < 1.29 is 14.3 Å². The van der Waals surface area contributed by atoms with Gasteiger partial charge in [0.05, 0.1) is 13.2 Å². The van der Waals surface area contributed by atoms with Crippen LogP contribution < -0.4 is 4.74 Å². The van der Waals surface area contributed by atoms with Gasteiger partial charge in [-0.3, -0.25) is 9.69 Å². The Hall–Kier alpha value is -1.55. The number of aryl methyl sites for hydroxylation is 1. The fourth-order valence-corrected chi connectivity index (χ4v) is 1.46. The van der Waals surface area contributed by atoms with Crippen LogP contribution >= 0.6 is 0 Å². The first-order chi connectivity index (χ1) is 8.61. The Kier molecular flexibility index (Phi) is 6.22. The smallest absolute Gasteiger partial charge is 0.320 e. The number of carbonyl (C=O) groups excluding carboxylic acids is 1. The third kappa shape index (κ3) is 5.68. The summed E-state index contributed by atoms with van der Waals surface area (Å²) in [5.74, 6) is 0.653. The van der Waals surface area contributed by atoms with Gasteiger partial charge in [-0.25, -0.2) is 0 Å². The number of hydrogen-bond donors (Lipinski definition) is 0. The van der Waals surface area contributed by atoms with Crippen LogP contribution in [0.3, 0.4) is 0 Å². The largest absolute Gasteiger partial charge is 0.492 e. The van der Waals surface area contributed by atoms with E-state index in [1.807, 2.05) is 43.1 Å². The third-order valence-corrected chi connectivity index (χ3v) is 2.47. The Morgan fingerprint density at radius 3 is 2.56 bits per heavy atom. The number of ether oxygens (including phenoxy) is 2. The highest BCUT2D eigenvalue weighted by Crippen LogP contribution is 2.10. The van der Waals surface area contributed by atoms with E-state index in [4.69, 9.17) is 9.47 Å². The first-order valence-electron chi connectivity index (χ1n) is 6.15. The van der Waals surface area contributed by atoms with Crippen LogP contribution in [0.5, 0.6) is 5.75 Å². The lowest BCUT2D eigenvalue weighted by molar-refractivity contribution is -0.144. The molecule has 0 spiro atoms. The molecule has 0 unspecified atom stereocenters. The molecular formula is C14H21NO3. The fourth-order valence-electron chi connectivity index (χ4n) is 1.46. The lowest BCUT2D eigenvalue weighted by Gasteiger charge is -2.15. The Bertz CT molecular complexity index is 362. The predicted molar refractivity (Wildman–Crippen MR) is 70.8 cm³/mol. The number of hydrogen-bond acceptors (Lipinski definition) is 4. The highest BCUT2D eigenvalue weighted by molar-refractivity contribution is 5.71. The van der Waals surface area contributed by atoms with Crippen molar-refractivity contribution >= 4 is 5.97 Å². The average Bonchev–Trinajstić information content (AvgIpc) is 2.32. The summed E-state index contributed by atoms with van der Waals surface area (Å²) in [6, 6.07) is 7.91. The Morgan fingerprint density at radius 1 is 1.28 bits per heavy atom. The maximum atomic E-state index is 11.2. The molecule has 1 rings (SSSR count). The minimum atomic E-state index is -0.199. The lowest BCUT2D eigenvalue weighted by atomic mass is 10.2. The summed E-state index contributed by atoms with van der Waals surface area (Å²) >= 11 is 0. The van der Waals surface area contributed by atoms with E-state index in [9.17, 15) is 4.79 Å². The van der Waals surface area contributed by atoms with Gasteiger partial charge in [0.2, 0.25) is 0 Å². The van der Waals surface area contributed by atoms with Crippen molar-refractivity contribution in [3.63, 3.8) is 0 Å². The van der Waals surface area contributed by atoms with Gasteiger partial charge in [-0.05, 0) is 33.0 Å². The van der Waals surface area contributed by atoms with Gasteiger partial charge in [0, 0.05) is 6.54 Å². The number of nitrogens with zero attached hydrogens (tertiary/aromatic N) is 1. The number of likely N-dealkylation sites (N-methyl/N-ethyl adjacent to an activating group) is 1. The van der Waals surface area contributed by atoms with Crippen molar-refractivity contribution in [1.29, 1.82) is 0 Å². The molecule has 0 amide bonds. The summed E-state index contributed by atoms with van der Waals surface area (Å²) in [4.78, 5) is 13.1. The molecule has 4 heteroatoms. The molecule has 0 aliphatic rings. The van der Waals surface area contributed by atoms with Crippen LogP contribution in [-0.4, -0.2) is 44.2 Å². The highest BCUT2D eigenvalue weighted by Gasteiger charge is 2.06. The summed E-state index contributed by atoms with van der Waals surface area (Å²) in [7, 11) is 1.87. The van der Waals surface area contributed by atoms with Gasteiger partial charge in [-0.1, -0.05) is 17.7 Å². The molecule has 0 saturated carbocycles. The van der Waals surface area contributed by atoms with Gasteiger partial charge in [-0.2, -0.15) is 0 Å². The van der Waals surface area contributed by atoms with E-state index >= 15 is 0 Å². The van der Waals surface area contributed by atoms with Crippen molar-refractivity contribution in [3.8, 4) is 5.75 Å². The molecule has 0 aliphatic carbocycles. The van der Waals surface area contributed by atoms with Crippen molar-refractivity contribution in [2.75, 3.05) is 33.4 Å². The Labute approximate surface area is 108 Å². The summed E-state index contributed by atoms with van der Waals surface area (Å²) in [5.41, 5.74) is 1.21. The van der Waals surface area contributed by atoms with Crippen LogP contribution in [0.2, 0.25) is 0 Å². The summed E-state index contributed by atoms with van der Waals surface area (Å²) in [6.07, 6.45) is 0. The van der Waals surface area contributed by atoms with Gasteiger partial charge < -0.3 is 9.47 Å². The zero-order valence-corrected chi connectivity index (χ0v) is 11.3. The quantitative estimate of drug-likeness (QED) is 0.693. The number of esters is 1. The molecule has 1 aromatic rings. The Morgan fingerprint density at radius 2 is 1.94 bits per heavy atom. The molecule has 0 saturated heterocycles. The van der Waals surface area contributed by atoms with E-state index in [0.29, 0.717) is 26.3 Å². The first-order valence-corrected chi connectivity index (χ1v) is 6.15. The maximum absolute atomic E-state index is 11.2. The van der Waals surface area contributed by atoms with Crippen molar-refractivity contribution in [1.82, 2.24) is 4.90 Å². The topological polar surface area (TPSA) is 38.8 Å². The van der Waals surface area contributed by atoms with E-state index < -0.39 is 0 Å². The first kappa shape index (κ1) is 14.5. The van der Waals surface area contributed by atoms with E-state index in [1.54, 1.807) is 6.92 Å². The van der Waals surface area contributed by atoms with Crippen LogP contribution in [0.4, 0.5) is 0 Å². The van der Waals surface area contributed by atoms with E-state index in [1.165, 1.54) is 5.56 Å².